The molecule has 128 valence electrons. The Balaban J connectivity index is 1.90. The second-order valence-corrected chi connectivity index (χ2v) is 6.05. The molecule has 2 N–H and O–H groups in total. The first-order valence-corrected chi connectivity index (χ1v) is 8.13. The molecule has 7 heteroatoms. The Kier molecular flexibility index (Phi) is 5.76. The molecule has 0 unspecified atom stereocenters. The summed E-state index contributed by atoms with van der Waals surface area (Å²) in [6.45, 7) is 4.26. The Morgan fingerprint density at radius 2 is 2.04 bits per heavy atom. The first kappa shape index (κ1) is 17.5. The molecule has 0 bridgehead atoms. The van der Waals surface area contributed by atoms with E-state index in [4.69, 9.17) is 4.52 Å². The molecule has 0 aliphatic carbocycles. The number of likely N-dealkylation sites (tertiary alicyclic amines) is 1. The van der Waals surface area contributed by atoms with E-state index in [1.807, 2.05) is 14.0 Å². The molecule has 7 nitrogen and oxygen atoms in total. The summed E-state index contributed by atoms with van der Waals surface area (Å²) in [5.41, 5.74) is 1.24. The molecule has 1 aromatic heterocycles. The number of aryl methyl sites for hydroxylation is 2. The molecule has 1 aliphatic heterocycles. The minimum Gasteiger partial charge on any atom is -0.361 e. The SMILES string of the molecule is CCc1noc(C)c1C(=O)NC[C@@H]1CC[C@H](CC(=O)NC)N1C. The lowest BCUT2D eigenvalue weighted by atomic mass is 10.1. The van der Waals surface area contributed by atoms with Crippen molar-refractivity contribution in [2.45, 2.75) is 51.6 Å². The number of carbonyl (C=O) groups is 2. The maximum Gasteiger partial charge on any atom is 0.256 e. The first-order valence-electron chi connectivity index (χ1n) is 8.13. The minimum atomic E-state index is -0.135. The first-order chi connectivity index (χ1) is 11.0. The summed E-state index contributed by atoms with van der Waals surface area (Å²) in [5.74, 6) is 0.472. The van der Waals surface area contributed by atoms with Crippen LogP contribution in [0.5, 0.6) is 0 Å². The molecule has 0 saturated carbocycles. The van der Waals surface area contributed by atoms with Gasteiger partial charge in [0.25, 0.3) is 5.91 Å². The third-order valence-electron chi connectivity index (χ3n) is 4.68. The van der Waals surface area contributed by atoms with E-state index >= 15 is 0 Å². The van der Waals surface area contributed by atoms with Gasteiger partial charge in [-0.3, -0.25) is 14.5 Å². The lowest BCUT2D eigenvalue weighted by Gasteiger charge is -2.25. The smallest absolute Gasteiger partial charge is 0.256 e. The molecule has 1 aromatic rings. The lowest BCUT2D eigenvalue weighted by Crippen LogP contribution is -2.42. The third kappa shape index (κ3) is 3.90. The zero-order valence-electron chi connectivity index (χ0n) is 14.3. The standard InChI is InChI=1S/C16H26N4O3/c1-5-13-15(10(2)23-19-13)16(22)18-9-12-7-6-11(20(12)4)8-14(21)17-3/h11-12H,5-9H2,1-4H3,(H,17,21)(H,18,22)/t11-,12+/m1/s1. The number of aromatic nitrogens is 1. The highest BCUT2D eigenvalue weighted by Gasteiger charge is 2.32. The van der Waals surface area contributed by atoms with Crippen LogP contribution < -0.4 is 10.6 Å². The summed E-state index contributed by atoms with van der Waals surface area (Å²) < 4.78 is 5.11. The molecule has 2 atom stereocenters. The number of amides is 2. The van der Waals surface area contributed by atoms with Gasteiger partial charge < -0.3 is 15.2 Å². The number of likely N-dealkylation sites (N-methyl/N-ethyl adjacent to an activating group) is 1. The fourth-order valence-corrected chi connectivity index (χ4v) is 3.15. The van der Waals surface area contributed by atoms with Crippen molar-refractivity contribution in [2.75, 3.05) is 20.6 Å². The van der Waals surface area contributed by atoms with E-state index in [1.165, 1.54) is 0 Å². The Morgan fingerprint density at radius 1 is 1.35 bits per heavy atom. The van der Waals surface area contributed by atoms with Crippen LogP contribution in [0.3, 0.4) is 0 Å². The van der Waals surface area contributed by atoms with Crippen molar-refractivity contribution in [3.8, 4) is 0 Å². The number of nitrogens with one attached hydrogen (secondary N) is 2. The van der Waals surface area contributed by atoms with Crippen molar-refractivity contribution in [1.82, 2.24) is 20.7 Å². The predicted molar refractivity (Wildman–Crippen MR) is 86.2 cm³/mol. The highest BCUT2D eigenvalue weighted by Crippen LogP contribution is 2.24. The van der Waals surface area contributed by atoms with E-state index in [9.17, 15) is 9.59 Å². The number of rotatable bonds is 6. The predicted octanol–water partition coefficient (Wildman–Crippen LogP) is 0.874. The van der Waals surface area contributed by atoms with Crippen molar-refractivity contribution in [1.29, 1.82) is 0 Å². The number of hydrogen-bond acceptors (Lipinski definition) is 5. The van der Waals surface area contributed by atoms with Crippen LogP contribution in [0.25, 0.3) is 0 Å². The molecule has 2 heterocycles. The summed E-state index contributed by atoms with van der Waals surface area (Å²) in [4.78, 5) is 26.1. The van der Waals surface area contributed by atoms with Gasteiger partial charge in [-0.25, -0.2) is 0 Å². The van der Waals surface area contributed by atoms with Gasteiger partial charge in [-0.2, -0.15) is 0 Å². The fraction of sp³-hybridized carbons (Fsp3) is 0.688. The van der Waals surface area contributed by atoms with E-state index < -0.39 is 0 Å². The number of nitrogens with zero attached hydrogens (tertiary/aromatic N) is 2. The molecule has 2 amide bonds. The average Bonchev–Trinajstić information content (AvgIpc) is 3.08. The topological polar surface area (TPSA) is 87.5 Å². The summed E-state index contributed by atoms with van der Waals surface area (Å²) in [5, 5.41) is 9.56. The Labute approximate surface area is 136 Å². The molecular weight excluding hydrogens is 296 g/mol. The van der Waals surface area contributed by atoms with Crippen LogP contribution >= 0.6 is 0 Å². The zero-order chi connectivity index (χ0) is 17.0. The van der Waals surface area contributed by atoms with Crippen molar-refractivity contribution in [3.63, 3.8) is 0 Å². The average molecular weight is 322 g/mol. The van der Waals surface area contributed by atoms with Gasteiger partial charge in [0.05, 0.1) is 5.69 Å². The van der Waals surface area contributed by atoms with E-state index in [-0.39, 0.29) is 23.9 Å². The van der Waals surface area contributed by atoms with E-state index in [0.29, 0.717) is 36.4 Å². The van der Waals surface area contributed by atoms with Crippen molar-refractivity contribution in [3.05, 3.63) is 17.0 Å². The van der Waals surface area contributed by atoms with Gasteiger partial charge in [-0.15, -0.1) is 0 Å². The zero-order valence-corrected chi connectivity index (χ0v) is 14.3. The van der Waals surface area contributed by atoms with Crippen LogP contribution in [0.4, 0.5) is 0 Å². The van der Waals surface area contributed by atoms with E-state index in [1.54, 1.807) is 14.0 Å². The van der Waals surface area contributed by atoms with Crippen LogP contribution in [0.1, 0.15) is 48.0 Å². The Hall–Kier alpha value is -1.89. The summed E-state index contributed by atoms with van der Waals surface area (Å²) >= 11 is 0. The third-order valence-corrected chi connectivity index (χ3v) is 4.68. The van der Waals surface area contributed by atoms with E-state index in [2.05, 4.69) is 20.7 Å². The van der Waals surface area contributed by atoms with Crippen molar-refractivity contribution in [2.24, 2.45) is 0 Å². The highest BCUT2D eigenvalue weighted by atomic mass is 16.5. The number of hydrogen-bond donors (Lipinski definition) is 2. The summed E-state index contributed by atoms with van der Waals surface area (Å²) in [6, 6.07) is 0.485. The maximum absolute atomic E-state index is 12.4. The van der Waals surface area contributed by atoms with Gasteiger partial charge in [0, 0.05) is 32.1 Å². The van der Waals surface area contributed by atoms with Crippen LogP contribution in [-0.4, -0.2) is 54.6 Å². The van der Waals surface area contributed by atoms with Gasteiger partial charge in [0.1, 0.15) is 11.3 Å². The van der Waals surface area contributed by atoms with Gasteiger partial charge in [-0.1, -0.05) is 12.1 Å². The van der Waals surface area contributed by atoms with Crippen molar-refractivity contribution >= 4 is 11.8 Å². The van der Waals surface area contributed by atoms with Gasteiger partial charge >= 0.3 is 0 Å². The van der Waals surface area contributed by atoms with Gasteiger partial charge in [0.2, 0.25) is 5.91 Å². The Bertz CT molecular complexity index is 570. The molecule has 0 radical (unpaired) electrons. The molecule has 0 spiro atoms. The van der Waals surface area contributed by atoms with Crippen LogP contribution in [0, 0.1) is 6.92 Å². The molecule has 1 aliphatic rings. The van der Waals surface area contributed by atoms with Crippen LogP contribution in [-0.2, 0) is 11.2 Å². The van der Waals surface area contributed by atoms with E-state index in [0.717, 1.165) is 12.8 Å². The molecule has 23 heavy (non-hydrogen) atoms. The van der Waals surface area contributed by atoms with Crippen molar-refractivity contribution < 1.29 is 14.1 Å². The molecule has 1 saturated heterocycles. The molecule has 0 aromatic carbocycles. The van der Waals surface area contributed by atoms with Crippen LogP contribution in [0.15, 0.2) is 4.52 Å². The Morgan fingerprint density at radius 3 is 2.70 bits per heavy atom. The van der Waals surface area contributed by atoms with Gasteiger partial charge in [-0.05, 0) is 33.2 Å². The monoisotopic (exact) mass is 322 g/mol. The maximum atomic E-state index is 12.4. The second kappa shape index (κ2) is 7.59. The quantitative estimate of drug-likeness (QED) is 0.811. The van der Waals surface area contributed by atoms with Gasteiger partial charge in [0.15, 0.2) is 0 Å². The molecule has 1 fully saturated rings. The largest absolute Gasteiger partial charge is 0.361 e. The molecule has 2 rings (SSSR count). The highest BCUT2D eigenvalue weighted by molar-refractivity contribution is 5.96. The second-order valence-electron chi connectivity index (χ2n) is 6.05. The van der Waals surface area contributed by atoms with Crippen LogP contribution in [0.2, 0.25) is 0 Å². The fourth-order valence-electron chi connectivity index (χ4n) is 3.15. The normalized spacial score (nSPS) is 21.4. The summed E-state index contributed by atoms with van der Waals surface area (Å²) in [6.07, 6.45) is 3.11. The summed E-state index contributed by atoms with van der Waals surface area (Å²) in [7, 11) is 3.67. The lowest BCUT2D eigenvalue weighted by molar-refractivity contribution is -0.121. The molecular formula is C16H26N4O3. The number of carbonyl (C=O) groups excluding carboxylic acids is 2. The minimum absolute atomic E-state index is 0.0548.